The first-order valence-electron chi connectivity index (χ1n) is 6.81. The van der Waals surface area contributed by atoms with Gasteiger partial charge in [-0.2, -0.15) is 0 Å². The molecular weight excluding hydrogens is 285 g/mol. The fourth-order valence-corrected chi connectivity index (χ4v) is 2.04. The van der Waals surface area contributed by atoms with Gasteiger partial charge < -0.3 is 10.4 Å². The average Bonchev–Trinajstić information content (AvgIpc) is 2.49. The molecule has 0 radical (unpaired) electrons. The Bertz CT molecular complexity index is 683. The summed E-state index contributed by atoms with van der Waals surface area (Å²) in [5, 5.41) is 11.6. The van der Waals surface area contributed by atoms with Crippen LogP contribution in [0, 0.1) is 12.7 Å². The Morgan fingerprint density at radius 1 is 1.14 bits per heavy atom. The molecule has 2 N–H and O–H groups in total. The van der Waals surface area contributed by atoms with Crippen LogP contribution < -0.4 is 5.32 Å². The quantitative estimate of drug-likeness (QED) is 0.892. The molecule has 0 aliphatic rings. The van der Waals surface area contributed by atoms with Crippen molar-refractivity contribution in [2.75, 3.05) is 0 Å². The molecule has 2 rings (SSSR count). The number of carboxylic acids is 1. The third-order valence-corrected chi connectivity index (χ3v) is 3.28. The highest BCUT2D eigenvalue weighted by Gasteiger charge is 2.22. The van der Waals surface area contributed by atoms with Gasteiger partial charge in [0, 0.05) is 6.42 Å². The van der Waals surface area contributed by atoms with Gasteiger partial charge in [-0.1, -0.05) is 42.0 Å². The molecule has 0 bridgehead atoms. The maximum atomic E-state index is 13.6. The second kappa shape index (κ2) is 6.85. The normalized spacial score (nSPS) is 11.7. The summed E-state index contributed by atoms with van der Waals surface area (Å²) in [7, 11) is 0. The zero-order valence-corrected chi connectivity index (χ0v) is 12.0. The smallest absolute Gasteiger partial charge is 0.326 e. The van der Waals surface area contributed by atoms with Gasteiger partial charge in [-0.25, -0.2) is 9.18 Å². The predicted molar refractivity (Wildman–Crippen MR) is 80.2 cm³/mol. The van der Waals surface area contributed by atoms with Crippen molar-refractivity contribution in [2.45, 2.75) is 19.4 Å². The van der Waals surface area contributed by atoms with E-state index in [1.807, 2.05) is 19.1 Å². The van der Waals surface area contributed by atoms with Crippen LogP contribution in [-0.2, 0) is 11.2 Å². The van der Waals surface area contributed by atoms with Crippen LogP contribution in [0.5, 0.6) is 0 Å². The molecule has 0 aromatic heterocycles. The number of carbonyl (C=O) groups is 2. The highest BCUT2D eigenvalue weighted by atomic mass is 19.1. The van der Waals surface area contributed by atoms with Crippen molar-refractivity contribution in [3.05, 3.63) is 71.0 Å². The van der Waals surface area contributed by atoms with Crippen LogP contribution in [0.3, 0.4) is 0 Å². The molecule has 0 saturated carbocycles. The van der Waals surface area contributed by atoms with E-state index in [2.05, 4.69) is 5.32 Å². The van der Waals surface area contributed by atoms with Gasteiger partial charge in [0.2, 0.25) is 0 Å². The van der Waals surface area contributed by atoms with E-state index in [9.17, 15) is 19.1 Å². The third-order valence-electron chi connectivity index (χ3n) is 3.28. The zero-order valence-electron chi connectivity index (χ0n) is 12.0. The van der Waals surface area contributed by atoms with Crippen molar-refractivity contribution in [1.29, 1.82) is 0 Å². The summed E-state index contributed by atoms with van der Waals surface area (Å²) < 4.78 is 13.6. The zero-order chi connectivity index (χ0) is 16.1. The Labute approximate surface area is 127 Å². The SMILES string of the molecule is Cc1ccc(C[C@H](NC(=O)c2ccccc2F)C(=O)O)cc1. The lowest BCUT2D eigenvalue weighted by atomic mass is 10.0. The molecule has 2 aromatic rings. The molecule has 0 saturated heterocycles. The van der Waals surface area contributed by atoms with Crippen molar-refractivity contribution >= 4 is 11.9 Å². The lowest BCUT2D eigenvalue weighted by Gasteiger charge is -2.15. The molecule has 114 valence electrons. The molecule has 0 heterocycles. The minimum atomic E-state index is -1.16. The summed E-state index contributed by atoms with van der Waals surface area (Å²) >= 11 is 0. The maximum Gasteiger partial charge on any atom is 0.326 e. The van der Waals surface area contributed by atoms with Crippen LogP contribution in [0.2, 0.25) is 0 Å². The monoisotopic (exact) mass is 301 g/mol. The first-order valence-corrected chi connectivity index (χ1v) is 6.81. The number of halogens is 1. The summed E-state index contributed by atoms with van der Waals surface area (Å²) in [5.74, 6) is -2.58. The number of aliphatic carboxylic acids is 1. The molecule has 4 nitrogen and oxygen atoms in total. The highest BCUT2D eigenvalue weighted by molar-refractivity contribution is 5.96. The fourth-order valence-electron chi connectivity index (χ4n) is 2.04. The van der Waals surface area contributed by atoms with E-state index in [0.29, 0.717) is 0 Å². The van der Waals surface area contributed by atoms with E-state index in [4.69, 9.17) is 0 Å². The van der Waals surface area contributed by atoms with Gasteiger partial charge in [0.1, 0.15) is 11.9 Å². The Morgan fingerprint density at radius 3 is 2.36 bits per heavy atom. The lowest BCUT2D eigenvalue weighted by Crippen LogP contribution is -2.42. The van der Waals surface area contributed by atoms with E-state index >= 15 is 0 Å². The van der Waals surface area contributed by atoms with E-state index in [0.717, 1.165) is 17.2 Å². The molecule has 1 amide bonds. The molecule has 22 heavy (non-hydrogen) atoms. The Balaban J connectivity index is 2.12. The van der Waals surface area contributed by atoms with E-state index in [1.165, 1.54) is 18.2 Å². The van der Waals surface area contributed by atoms with Crippen LogP contribution in [0.1, 0.15) is 21.5 Å². The molecule has 1 atom stereocenters. The van der Waals surface area contributed by atoms with Gasteiger partial charge in [-0.15, -0.1) is 0 Å². The van der Waals surface area contributed by atoms with Gasteiger partial charge in [0.25, 0.3) is 5.91 Å². The molecular formula is C17H16FNO3. The molecule has 5 heteroatoms. The molecule has 0 aliphatic heterocycles. The molecule has 0 aliphatic carbocycles. The van der Waals surface area contributed by atoms with Crippen LogP contribution >= 0.6 is 0 Å². The van der Waals surface area contributed by atoms with Crippen LogP contribution in [0.4, 0.5) is 4.39 Å². The highest BCUT2D eigenvalue weighted by Crippen LogP contribution is 2.09. The number of benzene rings is 2. The summed E-state index contributed by atoms with van der Waals surface area (Å²) in [4.78, 5) is 23.3. The Morgan fingerprint density at radius 2 is 1.77 bits per heavy atom. The van der Waals surface area contributed by atoms with Crippen molar-refractivity contribution in [2.24, 2.45) is 0 Å². The van der Waals surface area contributed by atoms with E-state index in [-0.39, 0.29) is 12.0 Å². The van der Waals surface area contributed by atoms with Crippen LogP contribution in [-0.4, -0.2) is 23.0 Å². The summed E-state index contributed by atoms with van der Waals surface area (Å²) in [6, 6.07) is 11.7. The largest absolute Gasteiger partial charge is 0.480 e. The number of nitrogens with one attached hydrogen (secondary N) is 1. The number of carbonyl (C=O) groups excluding carboxylic acids is 1. The van der Waals surface area contributed by atoms with E-state index in [1.54, 1.807) is 12.1 Å². The number of amides is 1. The van der Waals surface area contributed by atoms with Gasteiger partial charge >= 0.3 is 5.97 Å². The summed E-state index contributed by atoms with van der Waals surface area (Å²) in [5.41, 5.74) is 1.68. The standard InChI is InChI=1S/C17H16FNO3/c1-11-6-8-12(9-7-11)10-15(17(21)22)19-16(20)13-4-2-3-5-14(13)18/h2-9,15H,10H2,1H3,(H,19,20)(H,21,22)/t15-/m0/s1. The molecule has 0 spiro atoms. The molecule has 2 aromatic carbocycles. The lowest BCUT2D eigenvalue weighted by molar-refractivity contribution is -0.139. The first-order chi connectivity index (χ1) is 10.5. The Hall–Kier alpha value is -2.69. The number of hydrogen-bond acceptors (Lipinski definition) is 2. The number of hydrogen-bond donors (Lipinski definition) is 2. The maximum absolute atomic E-state index is 13.6. The summed E-state index contributed by atoms with van der Waals surface area (Å²) in [6.45, 7) is 1.93. The first kappa shape index (κ1) is 15.7. The van der Waals surface area contributed by atoms with Gasteiger partial charge in [0.15, 0.2) is 0 Å². The number of rotatable bonds is 5. The van der Waals surface area contributed by atoms with Crippen molar-refractivity contribution < 1.29 is 19.1 Å². The van der Waals surface area contributed by atoms with Crippen molar-refractivity contribution in [3.63, 3.8) is 0 Å². The van der Waals surface area contributed by atoms with Gasteiger partial charge in [-0.05, 0) is 24.6 Å². The number of carboxylic acid groups (broad SMARTS) is 1. The number of aryl methyl sites for hydroxylation is 1. The van der Waals surface area contributed by atoms with Crippen molar-refractivity contribution in [1.82, 2.24) is 5.32 Å². The minimum absolute atomic E-state index is 0.135. The fraction of sp³-hybridized carbons (Fsp3) is 0.176. The van der Waals surface area contributed by atoms with Gasteiger partial charge in [-0.3, -0.25) is 4.79 Å². The van der Waals surface area contributed by atoms with Crippen molar-refractivity contribution in [3.8, 4) is 0 Å². The topological polar surface area (TPSA) is 66.4 Å². The predicted octanol–water partition coefficient (Wildman–Crippen LogP) is 2.56. The molecule has 0 fully saturated rings. The molecule has 0 unspecified atom stereocenters. The summed E-state index contributed by atoms with van der Waals surface area (Å²) in [6.07, 6.45) is 0.135. The van der Waals surface area contributed by atoms with Crippen LogP contribution in [0.25, 0.3) is 0 Å². The van der Waals surface area contributed by atoms with Crippen LogP contribution in [0.15, 0.2) is 48.5 Å². The minimum Gasteiger partial charge on any atom is -0.480 e. The average molecular weight is 301 g/mol. The van der Waals surface area contributed by atoms with Gasteiger partial charge in [0.05, 0.1) is 5.56 Å². The Kier molecular flexibility index (Phi) is 4.88. The second-order valence-electron chi connectivity index (χ2n) is 5.03. The third kappa shape index (κ3) is 3.91. The second-order valence-corrected chi connectivity index (χ2v) is 5.03. The van der Waals surface area contributed by atoms with E-state index < -0.39 is 23.7 Å².